The Labute approximate surface area is 113 Å². The standard InChI is InChI=1S/C16H19NO2/c1-4-19-14-8-13(9-17-10-14)16(18)15-6-5-11(2)7-12(15)3/h5-10,16,18H,4H2,1-3H3. The van der Waals surface area contributed by atoms with Crippen LogP contribution in [0.25, 0.3) is 0 Å². The summed E-state index contributed by atoms with van der Waals surface area (Å²) in [6.07, 6.45) is 2.65. The highest BCUT2D eigenvalue weighted by atomic mass is 16.5. The molecule has 0 radical (unpaired) electrons. The summed E-state index contributed by atoms with van der Waals surface area (Å²) >= 11 is 0. The lowest BCUT2D eigenvalue weighted by Crippen LogP contribution is -2.03. The van der Waals surface area contributed by atoms with E-state index in [1.807, 2.05) is 39.0 Å². The van der Waals surface area contributed by atoms with Gasteiger partial charge in [-0.1, -0.05) is 23.8 Å². The number of aliphatic hydroxyl groups excluding tert-OH is 1. The molecule has 0 saturated heterocycles. The third kappa shape index (κ3) is 3.12. The second-order valence-corrected chi connectivity index (χ2v) is 4.65. The van der Waals surface area contributed by atoms with E-state index in [4.69, 9.17) is 4.74 Å². The number of ether oxygens (including phenoxy) is 1. The Balaban J connectivity index is 2.32. The van der Waals surface area contributed by atoms with E-state index < -0.39 is 6.10 Å². The molecule has 1 atom stereocenters. The molecule has 100 valence electrons. The molecule has 1 unspecified atom stereocenters. The average Bonchev–Trinajstić information content (AvgIpc) is 2.39. The fourth-order valence-electron chi connectivity index (χ4n) is 2.14. The Kier molecular flexibility index (Phi) is 4.17. The summed E-state index contributed by atoms with van der Waals surface area (Å²) in [6, 6.07) is 7.87. The molecular formula is C16H19NO2. The number of pyridine rings is 1. The van der Waals surface area contributed by atoms with E-state index in [1.54, 1.807) is 12.4 Å². The smallest absolute Gasteiger partial charge is 0.137 e. The van der Waals surface area contributed by atoms with Crippen molar-refractivity contribution in [1.29, 1.82) is 0 Å². The zero-order valence-electron chi connectivity index (χ0n) is 11.6. The largest absolute Gasteiger partial charge is 0.492 e. The number of aliphatic hydroxyl groups is 1. The maximum atomic E-state index is 10.5. The van der Waals surface area contributed by atoms with Gasteiger partial charge in [0.2, 0.25) is 0 Å². The minimum atomic E-state index is -0.673. The fourth-order valence-corrected chi connectivity index (χ4v) is 2.14. The third-order valence-corrected chi connectivity index (χ3v) is 3.08. The van der Waals surface area contributed by atoms with Gasteiger partial charge in [0, 0.05) is 11.8 Å². The van der Waals surface area contributed by atoms with Crippen LogP contribution >= 0.6 is 0 Å². The highest BCUT2D eigenvalue weighted by Crippen LogP contribution is 2.26. The van der Waals surface area contributed by atoms with Crippen LogP contribution in [0.5, 0.6) is 5.75 Å². The van der Waals surface area contributed by atoms with Crippen LogP contribution in [0.4, 0.5) is 0 Å². The molecule has 0 bridgehead atoms. The molecule has 3 heteroatoms. The van der Waals surface area contributed by atoms with E-state index in [0.29, 0.717) is 12.4 Å². The van der Waals surface area contributed by atoms with Gasteiger partial charge in [0.15, 0.2) is 0 Å². The summed E-state index contributed by atoms with van der Waals surface area (Å²) in [6.45, 7) is 6.56. The van der Waals surface area contributed by atoms with E-state index in [0.717, 1.165) is 16.7 Å². The molecule has 0 amide bonds. The lowest BCUT2D eigenvalue weighted by molar-refractivity contribution is 0.218. The lowest BCUT2D eigenvalue weighted by atomic mass is 9.97. The molecule has 19 heavy (non-hydrogen) atoms. The molecule has 2 rings (SSSR count). The van der Waals surface area contributed by atoms with Crippen molar-refractivity contribution < 1.29 is 9.84 Å². The minimum absolute atomic E-state index is 0.588. The first-order valence-electron chi connectivity index (χ1n) is 6.44. The lowest BCUT2D eigenvalue weighted by Gasteiger charge is -2.15. The van der Waals surface area contributed by atoms with Gasteiger partial charge in [-0.2, -0.15) is 0 Å². The molecule has 0 fully saturated rings. The summed E-state index contributed by atoms with van der Waals surface area (Å²) in [5.41, 5.74) is 3.92. The number of benzene rings is 1. The number of nitrogens with zero attached hydrogens (tertiary/aromatic N) is 1. The summed E-state index contributed by atoms with van der Waals surface area (Å²) in [4.78, 5) is 4.11. The second kappa shape index (κ2) is 5.85. The maximum Gasteiger partial charge on any atom is 0.137 e. The van der Waals surface area contributed by atoms with Crippen molar-refractivity contribution in [3.8, 4) is 5.75 Å². The Bertz CT molecular complexity index is 566. The summed E-state index contributed by atoms with van der Waals surface area (Å²) < 4.78 is 5.41. The number of hydrogen-bond donors (Lipinski definition) is 1. The van der Waals surface area contributed by atoms with Gasteiger partial charge in [0.05, 0.1) is 12.8 Å². The van der Waals surface area contributed by atoms with Crippen LogP contribution in [0.3, 0.4) is 0 Å². The van der Waals surface area contributed by atoms with Gasteiger partial charge in [-0.15, -0.1) is 0 Å². The number of hydrogen-bond acceptors (Lipinski definition) is 3. The Morgan fingerprint density at radius 2 is 2.00 bits per heavy atom. The first-order chi connectivity index (χ1) is 9.11. The van der Waals surface area contributed by atoms with Crippen molar-refractivity contribution in [2.24, 2.45) is 0 Å². The summed E-state index contributed by atoms with van der Waals surface area (Å²) in [7, 11) is 0. The van der Waals surface area contributed by atoms with E-state index in [-0.39, 0.29) is 0 Å². The Morgan fingerprint density at radius 3 is 2.68 bits per heavy atom. The van der Waals surface area contributed by atoms with Gasteiger partial charge < -0.3 is 9.84 Å². The maximum absolute atomic E-state index is 10.5. The molecule has 1 aromatic carbocycles. The Hall–Kier alpha value is -1.87. The van der Waals surface area contributed by atoms with Crippen LogP contribution < -0.4 is 4.74 Å². The van der Waals surface area contributed by atoms with Gasteiger partial charge in [0.1, 0.15) is 11.9 Å². The van der Waals surface area contributed by atoms with Gasteiger partial charge in [0.25, 0.3) is 0 Å². The second-order valence-electron chi connectivity index (χ2n) is 4.65. The van der Waals surface area contributed by atoms with Crippen molar-refractivity contribution >= 4 is 0 Å². The molecule has 0 aliphatic rings. The van der Waals surface area contributed by atoms with Crippen LogP contribution in [0, 0.1) is 13.8 Å². The summed E-state index contributed by atoms with van der Waals surface area (Å²) in [5.74, 6) is 0.684. The van der Waals surface area contributed by atoms with Crippen molar-refractivity contribution in [3.05, 3.63) is 58.9 Å². The quantitative estimate of drug-likeness (QED) is 0.914. The minimum Gasteiger partial charge on any atom is -0.492 e. The van der Waals surface area contributed by atoms with Crippen molar-refractivity contribution in [3.63, 3.8) is 0 Å². The van der Waals surface area contributed by atoms with Crippen LogP contribution in [0.15, 0.2) is 36.7 Å². The van der Waals surface area contributed by atoms with Gasteiger partial charge in [-0.3, -0.25) is 4.98 Å². The normalized spacial score (nSPS) is 12.2. The van der Waals surface area contributed by atoms with Crippen LogP contribution in [0.2, 0.25) is 0 Å². The molecule has 0 saturated carbocycles. The fraction of sp³-hybridized carbons (Fsp3) is 0.312. The predicted octanol–water partition coefficient (Wildman–Crippen LogP) is 3.18. The van der Waals surface area contributed by atoms with Crippen LogP contribution in [-0.2, 0) is 0 Å². The number of aromatic nitrogens is 1. The first-order valence-corrected chi connectivity index (χ1v) is 6.44. The number of rotatable bonds is 4. The van der Waals surface area contributed by atoms with Crippen LogP contribution in [-0.4, -0.2) is 16.7 Å². The van der Waals surface area contributed by atoms with E-state index in [9.17, 15) is 5.11 Å². The summed E-state index contributed by atoms with van der Waals surface area (Å²) in [5, 5.41) is 10.5. The Morgan fingerprint density at radius 1 is 1.21 bits per heavy atom. The average molecular weight is 257 g/mol. The molecule has 3 nitrogen and oxygen atoms in total. The zero-order chi connectivity index (χ0) is 13.8. The monoisotopic (exact) mass is 257 g/mol. The SMILES string of the molecule is CCOc1cncc(C(O)c2ccc(C)cc2C)c1. The highest BCUT2D eigenvalue weighted by Gasteiger charge is 2.14. The third-order valence-electron chi connectivity index (χ3n) is 3.08. The van der Waals surface area contributed by atoms with E-state index in [2.05, 4.69) is 11.1 Å². The molecule has 2 aromatic rings. The molecule has 0 aliphatic carbocycles. The van der Waals surface area contributed by atoms with E-state index >= 15 is 0 Å². The predicted molar refractivity (Wildman–Crippen MR) is 75.4 cm³/mol. The van der Waals surface area contributed by atoms with Crippen molar-refractivity contribution in [2.75, 3.05) is 6.61 Å². The molecule has 1 aromatic heterocycles. The van der Waals surface area contributed by atoms with Crippen molar-refractivity contribution in [1.82, 2.24) is 4.98 Å². The van der Waals surface area contributed by atoms with Gasteiger partial charge in [-0.05, 0) is 38.0 Å². The highest BCUT2D eigenvalue weighted by molar-refractivity contribution is 5.38. The van der Waals surface area contributed by atoms with E-state index in [1.165, 1.54) is 5.56 Å². The van der Waals surface area contributed by atoms with Crippen LogP contribution in [0.1, 0.15) is 35.3 Å². The molecule has 1 N–H and O–H groups in total. The molecule has 0 spiro atoms. The number of aryl methyl sites for hydroxylation is 2. The van der Waals surface area contributed by atoms with Gasteiger partial charge in [-0.25, -0.2) is 0 Å². The molecule has 0 aliphatic heterocycles. The topological polar surface area (TPSA) is 42.4 Å². The van der Waals surface area contributed by atoms with Crippen molar-refractivity contribution in [2.45, 2.75) is 26.9 Å². The zero-order valence-corrected chi connectivity index (χ0v) is 11.6. The van der Waals surface area contributed by atoms with Gasteiger partial charge >= 0.3 is 0 Å². The first kappa shape index (κ1) is 13.6. The molecular weight excluding hydrogens is 238 g/mol. The molecule has 1 heterocycles.